The lowest BCUT2D eigenvalue weighted by atomic mass is 9.90. The molecule has 162 valence electrons. The average Bonchev–Trinajstić information content (AvgIpc) is 3.22. The molecule has 1 atom stereocenters. The normalized spacial score (nSPS) is 15.8. The van der Waals surface area contributed by atoms with Gasteiger partial charge in [-0.15, -0.1) is 11.3 Å². The van der Waals surface area contributed by atoms with Crippen molar-refractivity contribution >= 4 is 32.8 Å². The van der Waals surface area contributed by atoms with Gasteiger partial charge in [0.15, 0.2) is 11.5 Å². The van der Waals surface area contributed by atoms with Crippen molar-refractivity contribution in [2.24, 2.45) is 0 Å². The molecule has 0 radical (unpaired) electrons. The van der Waals surface area contributed by atoms with Crippen molar-refractivity contribution in [3.8, 4) is 11.5 Å². The number of rotatable bonds is 7. The molecule has 1 N–H and O–H groups in total. The minimum absolute atomic E-state index is 0.131. The van der Waals surface area contributed by atoms with Crippen LogP contribution in [0.25, 0.3) is 0 Å². The number of thiophene rings is 1. The summed E-state index contributed by atoms with van der Waals surface area (Å²) < 4.78 is 37.6. The van der Waals surface area contributed by atoms with Gasteiger partial charge in [-0.3, -0.25) is 4.79 Å². The molecule has 3 aromatic rings. The summed E-state index contributed by atoms with van der Waals surface area (Å²) in [6, 6.07) is 13.9. The number of methoxy groups -OCH3 is 1. The van der Waals surface area contributed by atoms with Gasteiger partial charge in [-0.25, -0.2) is 8.42 Å². The Bertz CT molecular complexity index is 1200. The maximum absolute atomic E-state index is 13.2. The molecule has 4 rings (SSSR count). The highest BCUT2D eigenvalue weighted by Gasteiger charge is 2.34. The third kappa shape index (κ3) is 4.05. The molecule has 1 aliphatic rings. The van der Waals surface area contributed by atoms with Crippen LogP contribution in [0.5, 0.6) is 11.5 Å². The summed E-state index contributed by atoms with van der Waals surface area (Å²) in [5, 5.41) is 4.40. The van der Waals surface area contributed by atoms with Crippen LogP contribution in [-0.2, 0) is 14.6 Å². The molecule has 1 aliphatic heterocycles. The van der Waals surface area contributed by atoms with Gasteiger partial charge >= 0.3 is 0 Å². The van der Waals surface area contributed by atoms with Crippen LogP contribution in [0.2, 0.25) is 0 Å². The summed E-state index contributed by atoms with van der Waals surface area (Å²) in [7, 11) is -2.17. The lowest BCUT2D eigenvalue weighted by molar-refractivity contribution is -0.116. The van der Waals surface area contributed by atoms with Crippen molar-refractivity contribution in [2.45, 2.75) is 35.5 Å². The predicted molar refractivity (Wildman–Crippen MR) is 120 cm³/mol. The topological polar surface area (TPSA) is 81.7 Å². The van der Waals surface area contributed by atoms with Gasteiger partial charge in [0.2, 0.25) is 15.7 Å². The second-order valence-electron chi connectivity index (χ2n) is 7.22. The van der Waals surface area contributed by atoms with Crippen molar-refractivity contribution in [3.05, 3.63) is 64.4 Å². The molecule has 0 saturated heterocycles. The molecule has 2 heterocycles. The number of ether oxygens (including phenoxy) is 2. The first-order chi connectivity index (χ1) is 15.0. The van der Waals surface area contributed by atoms with E-state index < -0.39 is 9.84 Å². The Morgan fingerprint density at radius 3 is 2.61 bits per heavy atom. The Labute approximate surface area is 185 Å². The highest BCUT2D eigenvalue weighted by molar-refractivity contribution is 7.91. The van der Waals surface area contributed by atoms with Gasteiger partial charge in [-0.2, -0.15) is 0 Å². The zero-order valence-electron chi connectivity index (χ0n) is 17.3. The van der Waals surface area contributed by atoms with Crippen molar-refractivity contribution < 1.29 is 22.7 Å². The second kappa shape index (κ2) is 8.72. The van der Waals surface area contributed by atoms with Crippen LogP contribution in [0.1, 0.15) is 36.1 Å². The molecular weight excluding hydrogens is 434 g/mol. The van der Waals surface area contributed by atoms with E-state index in [4.69, 9.17) is 9.47 Å². The SMILES string of the molecule is CCCOc1ccc(C2CC(=O)Nc3c(S(=O)(=O)c4ccccc4)csc32)cc1OC. The fourth-order valence-corrected chi connectivity index (χ4v) is 6.56. The van der Waals surface area contributed by atoms with Gasteiger partial charge in [0.1, 0.15) is 4.90 Å². The van der Waals surface area contributed by atoms with Gasteiger partial charge in [-0.1, -0.05) is 31.2 Å². The van der Waals surface area contributed by atoms with E-state index in [1.165, 1.54) is 11.3 Å². The van der Waals surface area contributed by atoms with Gasteiger partial charge in [0, 0.05) is 22.6 Å². The molecule has 6 nitrogen and oxygen atoms in total. The molecule has 0 saturated carbocycles. The number of carbonyl (C=O) groups is 1. The third-order valence-electron chi connectivity index (χ3n) is 5.15. The first-order valence-electron chi connectivity index (χ1n) is 9.97. The zero-order chi connectivity index (χ0) is 22.0. The lowest BCUT2D eigenvalue weighted by Gasteiger charge is -2.24. The van der Waals surface area contributed by atoms with Gasteiger partial charge in [-0.05, 0) is 36.2 Å². The number of amides is 1. The molecule has 1 aromatic heterocycles. The third-order valence-corrected chi connectivity index (χ3v) is 8.19. The van der Waals surface area contributed by atoms with Gasteiger partial charge < -0.3 is 14.8 Å². The Hall–Kier alpha value is -2.84. The number of anilines is 1. The smallest absolute Gasteiger partial charge is 0.225 e. The van der Waals surface area contributed by atoms with Crippen molar-refractivity contribution in [1.82, 2.24) is 0 Å². The van der Waals surface area contributed by atoms with Gasteiger partial charge in [0.05, 0.1) is 24.3 Å². The number of hydrogen-bond donors (Lipinski definition) is 1. The predicted octanol–water partition coefficient (Wildman–Crippen LogP) is 4.85. The van der Waals surface area contributed by atoms with Crippen LogP contribution in [0, 0.1) is 0 Å². The van der Waals surface area contributed by atoms with E-state index in [-0.39, 0.29) is 28.0 Å². The maximum atomic E-state index is 13.2. The van der Waals surface area contributed by atoms with Crippen molar-refractivity contribution in [2.75, 3.05) is 19.0 Å². The standard InChI is InChI=1S/C23H23NO5S2/c1-3-11-29-18-10-9-15(12-19(18)28-2)17-13-21(25)24-22-20(14-30-23(17)22)31(26,27)16-7-5-4-6-8-16/h4-10,12,14,17H,3,11,13H2,1-2H3,(H,24,25). The van der Waals surface area contributed by atoms with Crippen LogP contribution in [0.4, 0.5) is 5.69 Å². The summed E-state index contributed by atoms with van der Waals surface area (Å²) in [5.74, 6) is 0.757. The molecule has 0 fully saturated rings. The Kier molecular flexibility index (Phi) is 6.02. The van der Waals surface area contributed by atoms with Crippen molar-refractivity contribution in [1.29, 1.82) is 0 Å². The summed E-state index contributed by atoms with van der Waals surface area (Å²) in [6.45, 7) is 2.61. The van der Waals surface area contributed by atoms with E-state index in [2.05, 4.69) is 5.32 Å². The van der Waals surface area contributed by atoms with E-state index in [0.29, 0.717) is 23.8 Å². The van der Waals surface area contributed by atoms with Crippen LogP contribution in [0.3, 0.4) is 0 Å². The summed E-state index contributed by atoms with van der Waals surface area (Å²) in [4.78, 5) is 13.7. The monoisotopic (exact) mass is 457 g/mol. The summed E-state index contributed by atoms with van der Waals surface area (Å²) >= 11 is 1.34. The lowest BCUT2D eigenvalue weighted by Crippen LogP contribution is -2.23. The molecular formula is C23H23NO5S2. The van der Waals surface area contributed by atoms with Crippen LogP contribution in [0.15, 0.2) is 63.7 Å². The summed E-state index contributed by atoms with van der Waals surface area (Å²) in [5.41, 5.74) is 1.25. The quantitative estimate of drug-likeness (QED) is 0.548. The zero-order valence-corrected chi connectivity index (χ0v) is 18.9. The van der Waals surface area contributed by atoms with Crippen LogP contribution in [-0.4, -0.2) is 28.0 Å². The average molecular weight is 458 g/mol. The second-order valence-corrected chi connectivity index (χ2v) is 10.0. The number of nitrogens with one attached hydrogen (secondary N) is 1. The molecule has 1 amide bonds. The Balaban J connectivity index is 1.76. The minimum atomic E-state index is -3.74. The first kappa shape index (κ1) is 21.4. The minimum Gasteiger partial charge on any atom is -0.493 e. The number of fused-ring (bicyclic) bond motifs is 1. The van der Waals surface area contributed by atoms with E-state index in [1.807, 2.05) is 25.1 Å². The molecule has 2 aromatic carbocycles. The van der Waals surface area contributed by atoms with Gasteiger partial charge in [0.25, 0.3) is 0 Å². The van der Waals surface area contributed by atoms with Crippen molar-refractivity contribution in [3.63, 3.8) is 0 Å². The fourth-order valence-electron chi connectivity index (χ4n) is 3.63. The van der Waals surface area contributed by atoms with E-state index in [0.717, 1.165) is 16.9 Å². The molecule has 0 bridgehead atoms. The number of hydrogen-bond acceptors (Lipinski definition) is 6. The molecule has 0 spiro atoms. The highest BCUT2D eigenvalue weighted by atomic mass is 32.2. The molecule has 0 aliphatic carbocycles. The fraction of sp³-hybridized carbons (Fsp3) is 0.261. The largest absolute Gasteiger partial charge is 0.493 e. The van der Waals surface area contributed by atoms with E-state index >= 15 is 0 Å². The Morgan fingerprint density at radius 2 is 1.90 bits per heavy atom. The summed E-state index contributed by atoms with van der Waals surface area (Å²) in [6.07, 6.45) is 1.11. The number of benzene rings is 2. The van der Waals surface area contributed by atoms with Crippen LogP contribution >= 0.6 is 11.3 Å². The molecule has 1 unspecified atom stereocenters. The number of carbonyl (C=O) groups excluding carboxylic acids is 1. The molecule has 31 heavy (non-hydrogen) atoms. The number of sulfone groups is 1. The molecule has 8 heteroatoms. The highest BCUT2D eigenvalue weighted by Crippen LogP contribution is 2.47. The maximum Gasteiger partial charge on any atom is 0.225 e. The van der Waals surface area contributed by atoms with E-state index in [1.54, 1.807) is 42.8 Å². The van der Waals surface area contributed by atoms with E-state index in [9.17, 15) is 13.2 Å². The Morgan fingerprint density at radius 1 is 1.13 bits per heavy atom. The van der Waals surface area contributed by atoms with Crippen LogP contribution < -0.4 is 14.8 Å². The first-order valence-corrected chi connectivity index (χ1v) is 12.3.